The Morgan fingerprint density at radius 1 is 0.897 bits per heavy atom. The van der Waals surface area contributed by atoms with E-state index in [0.29, 0.717) is 21.6 Å². The molecular formula is C27H20F5N3O4. The first-order chi connectivity index (χ1) is 18.7. The van der Waals surface area contributed by atoms with E-state index in [9.17, 15) is 32.0 Å². The first-order valence-corrected chi connectivity index (χ1v) is 11.4. The summed E-state index contributed by atoms with van der Waals surface area (Å²) >= 11 is 0. The van der Waals surface area contributed by atoms with Gasteiger partial charge in [-0.3, -0.25) is 4.79 Å². The van der Waals surface area contributed by atoms with E-state index in [1.54, 1.807) is 24.3 Å². The van der Waals surface area contributed by atoms with Crippen molar-refractivity contribution in [1.82, 2.24) is 4.98 Å². The van der Waals surface area contributed by atoms with E-state index in [-0.39, 0.29) is 17.8 Å². The van der Waals surface area contributed by atoms with Crippen LogP contribution in [0.1, 0.15) is 33.1 Å². The summed E-state index contributed by atoms with van der Waals surface area (Å²) < 4.78 is 74.3. The molecule has 4 rings (SSSR count). The van der Waals surface area contributed by atoms with Gasteiger partial charge in [0, 0.05) is 23.6 Å². The van der Waals surface area contributed by atoms with Crippen LogP contribution in [0.15, 0.2) is 85.2 Å². The van der Waals surface area contributed by atoms with Crippen LogP contribution in [0.5, 0.6) is 11.5 Å². The van der Waals surface area contributed by atoms with Crippen molar-refractivity contribution in [3.05, 3.63) is 119 Å². The largest absolute Gasteiger partial charge is 0.619 e. The summed E-state index contributed by atoms with van der Waals surface area (Å²) in [5.41, 5.74) is 1.62. The average molecular weight is 545 g/mol. The Morgan fingerprint density at radius 3 is 2.23 bits per heavy atom. The van der Waals surface area contributed by atoms with E-state index in [0.717, 1.165) is 24.3 Å². The van der Waals surface area contributed by atoms with E-state index in [1.807, 2.05) is 0 Å². The molecule has 1 N–H and O–H groups in total. The normalized spacial score (nSPS) is 11.9. The molecule has 0 bridgehead atoms. The van der Waals surface area contributed by atoms with Crippen LogP contribution in [0.4, 0.5) is 27.8 Å². The van der Waals surface area contributed by atoms with Crippen LogP contribution in [0.2, 0.25) is 0 Å². The van der Waals surface area contributed by atoms with Crippen LogP contribution in [0.25, 0.3) is 0 Å². The Morgan fingerprint density at radius 2 is 1.56 bits per heavy atom. The van der Waals surface area contributed by atoms with Gasteiger partial charge in [0.1, 0.15) is 11.6 Å². The Balaban J connectivity index is 1.71. The Kier molecular flexibility index (Phi) is 8.54. The number of alkyl halides is 4. The molecule has 39 heavy (non-hydrogen) atoms. The molecule has 0 saturated carbocycles. The molecule has 0 aliphatic rings. The number of aromatic nitrogens is 2. The lowest BCUT2D eigenvalue weighted by Gasteiger charge is -2.20. The molecule has 1 atom stereocenters. The van der Waals surface area contributed by atoms with E-state index < -0.39 is 42.4 Å². The number of rotatable bonds is 10. The predicted octanol–water partition coefficient (Wildman–Crippen LogP) is 5.68. The summed E-state index contributed by atoms with van der Waals surface area (Å²) in [5.74, 6) is -2.72. The summed E-state index contributed by atoms with van der Waals surface area (Å²) in [4.78, 5) is 17.1. The molecule has 0 aliphatic heterocycles. The monoisotopic (exact) mass is 545 g/mol. The van der Waals surface area contributed by atoms with Gasteiger partial charge < -0.3 is 20.0 Å². The van der Waals surface area contributed by atoms with Gasteiger partial charge in [0.15, 0.2) is 23.9 Å². The van der Waals surface area contributed by atoms with Gasteiger partial charge in [-0.15, -0.1) is 0 Å². The average Bonchev–Trinajstić information content (AvgIpc) is 2.89. The van der Waals surface area contributed by atoms with Crippen molar-refractivity contribution < 1.29 is 41.0 Å². The molecule has 1 unspecified atom stereocenters. The van der Waals surface area contributed by atoms with E-state index in [1.165, 1.54) is 36.7 Å². The summed E-state index contributed by atoms with van der Waals surface area (Å²) in [6.45, 7) is -6.57. The van der Waals surface area contributed by atoms with Gasteiger partial charge in [-0.2, -0.15) is 22.3 Å². The minimum atomic E-state index is -3.30. The lowest BCUT2D eigenvalue weighted by atomic mass is 9.89. The number of halogens is 5. The number of hydrogen-bond donors (Lipinski definition) is 1. The van der Waals surface area contributed by atoms with Crippen molar-refractivity contribution in [3.63, 3.8) is 0 Å². The van der Waals surface area contributed by atoms with Gasteiger partial charge in [0.25, 0.3) is 5.91 Å². The zero-order valence-corrected chi connectivity index (χ0v) is 19.9. The fourth-order valence-corrected chi connectivity index (χ4v) is 3.84. The zero-order valence-electron chi connectivity index (χ0n) is 19.9. The van der Waals surface area contributed by atoms with E-state index in [4.69, 9.17) is 0 Å². The van der Waals surface area contributed by atoms with Crippen LogP contribution in [0, 0.1) is 11.0 Å². The number of nitrogens with zero attached hydrogens (tertiary/aromatic N) is 2. The number of nitrogens with one attached hydrogen (secondary N) is 1. The highest BCUT2D eigenvalue weighted by Gasteiger charge is 2.22. The minimum Gasteiger partial charge on any atom is -0.619 e. The fourth-order valence-electron chi connectivity index (χ4n) is 3.84. The van der Waals surface area contributed by atoms with Crippen molar-refractivity contribution in [1.29, 1.82) is 0 Å². The molecule has 0 aliphatic carbocycles. The number of pyridine rings is 2. The summed E-state index contributed by atoms with van der Waals surface area (Å²) in [6.07, 6.45) is 2.78. The third kappa shape index (κ3) is 7.40. The first-order valence-electron chi connectivity index (χ1n) is 11.4. The van der Waals surface area contributed by atoms with Crippen LogP contribution in [-0.2, 0) is 6.42 Å². The lowest BCUT2D eigenvalue weighted by molar-refractivity contribution is -0.605. The van der Waals surface area contributed by atoms with Gasteiger partial charge in [-0.1, -0.05) is 12.1 Å². The summed E-state index contributed by atoms with van der Waals surface area (Å²) in [7, 11) is 0. The van der Waals surface area contributed by atoms with Crippen LogP contribution < -0.4 is 19.5 Å². The van der Waals surface area contributed by atoms with Crippen LogP contribution >= 0.6 is 0 Å². The molecule has 2 heterocycles. The highest BCUT2D eigenvalue weighted by Crippen LogP contribution is 2.36. The third-order valence-electron chi connectivity index (χ3n) is 5.59. The Hall–Kier alpha value is -4.74. The number of ether oxygens (including phenoxy) is 2. The Bertz CT molecular complexity index is 1420. The van der Waals surface area contributed by atoms with E-state index >= 15 is 0 Å². The smallest absolute Gasteiger partial charge is 0.387 e. The highest BCUT2D eigenvalue weighted by molar-refractivity contribution is 6.03. The van der Waals surface area contributed by atoms with Gasteiger partial charge >= 0.3 is 13.2 Å². The molecule has 7 nitrogen and oxygen atoms in total. The molecule has 0 radical (unpaired) electrons. The second-order valence-corrected chi connectivity index (χ2v) is 8.19. The number of hydrogen-bond acceptors (Lipinski definition) is 5. The van der Waals surface area contributed by atoms with Gasteiger partial charge in [-0.05, 0) is 66.1 Å². The zero-order chi connectivity index (χ0) is 27.9. The van der Waals surface area contributed by atoms with Crippen LogP contribution in [-0.4, -0.2) is 24.1 Å². The molecular weight excluding hydrogens is 525 g/mol. The second kappa shape index (κ2) is 12.2. The molecule has 2 aromatic carbocycles. The predicted molar refractivity (Wildman–Crippen MR) is 129 cm³/mol. The second-order valence-electron chi connectivity index (χ2n) is 8.19. The SMILES string of the molecule is O=C(Nc1cccc(C(Cc2cc[n+]([O-])cc2)c2ccc(OC(F)F)c(OC(F)F)c2)n1)c1ccc(F)cc1. The lowest BCUT2D eigenvalue weighted by Crippen LogP contribution is -2.24. The standard InChI is InChI=1S/C27H20F5N3O4/c28-19-7-4-17(5-8-19)25(36)34-24-3-1-2-21(33-24)20(14-16-10-12-35(37)13-11-16)18-6-9-22(38-26(29)30)23(15-18)39-27(31)32/h1-13,15,20,26-27H,14H2,(H,33,34,36). The maximum Gasteiger partial charge on any atom is 0.387 e. The quantitative estimate of drug-likeness (QED) is 0.157. The molecule has 0 fully saturated rings. The molecule has 0 spiro atoms. The van der Waals surface area contributed by atoms with Crippen molar-refractivity contribution in [2.24, 2.45) is 0 Å². The van der Waals surface area contributed by atoms with Crippen LogP contribution in [0.3, 0.4) is 0 Å². The molecule has 12 heteroatoms. The molecule has 2 aromatic heterocycles. The van der Waals surface area contributed by atoms with Crippen molar-refractivity contribution in [3.8, 4) is 11.5 Å². The van der Waals surface area contributed by atoms with Gasteiger partial charge in [-0.25, -0.2) is 9.37 Å². The molecule has 0 saturated heterocycles. The van der Waals surface area contributed by atoms with Crippen molar-refractivity contribution in [2.45, 2.75) is 25.6 Å². The maximum absolute atomic E-state index is 13.2. The number of benzene rings is 2. The Labute approximate surface area is 219 Å². The summed E-state index contributed by atoms with van der Waals surface area (Å²) in [6, 6.07) is 16.4. The van der Waals surface area contributed by atoms with Crippen molar-refractivity contribution >= 4 is 11.7 Å². The fraction of sp³-hybridized carbons (Fsp3) is 0.148. The topological polar surface area (TPSA) is 87.4 Å². The number of carbonyl (C=O) groups excluding carboxylic acids is 1. The number of carbonyl (C=O) groups is 1. The van der Waals surface area contributed by atoms with Gasteiger partial charge in [0.05, 0.1) is 5.69 Å². The molecule has 202 valence electrons. The van der Waals surface area contributed by atoms with Gasteiger partial charge in [0.2, 0.25) is 0 Å². The number of amides is 1. The van der Waals surface area contributed by atoms with Crippen molar-refractivity contribution in [2.75, 3.05) is 5.32 Å². The third-order valence-corrected chi connectivity index (χ3v) is 5.59. The molecule has 1 amide bonds. The minimum absolute atomic E-state index is 0.152. The highest BCUT2D eigenvalue weighted by atomic mass is 19.3. The maximum atomic E-state index is 13.2. The number of anilines is 1. The molecule has 4 aromatic rings. The summed E-state index contributed by atoms with van der Waals surface area (Å²) in [5, 5.41) is 14.1. The first kappa shape index (κ1) is 27.3. The van der Waals surface area contributed by atoms with E-state index in [2.05, 4.69) is 19.8 Å².